The van der Waals surface area contributed by atoms with E-state index in [0.717, 1.165) is 24.3 Å². The summed E-state index contributed by atoms with van der Waals surface area (Å²) >= 11 is 0. The first-order valence-corrected chi connectivity index (χ1v) is 7.68. The van der Waals surface area contributed by atoms with Crippen LogP contribution in [-0.4, -0.2) is 43.3 Å². The molecule has 6 heteroatoms. The maximum Gasteiger partial charge on any atom is 0.243 e. The van der Waals surface area contributed by atoms with Gasteiger partial charge in [0.15, 0.2) is 0 Å². The molecule has 0 fully saturated rings. The molecule has 0 unspecified atom stereocenters. The van der Waals surface area contributed by atoms with Crippen LogP contribution >= 0.6 is 21.6 Å². The monoisotopic (exact) mass is 274 g/mol. The van der Waals surface area contributed by atoms with Gasteiger partial charge in [-0.1, -0.05) is 34.7 Å². The first kappa shape index (κ1) is 16.3. The Balaban J connectivity index is 3.13. The topological polar surface area (TPSA) is 58.2 Å². The third kappa shape index (κ3) is 11.5. The highest BCUT2D eigenvalue weighted by Crippen LogP contribution is 2.19. The number of carbonyl (C=O) groups excluding carboxylic acids is 2. The van der Waals surface area contributed by atoms with Crippen molar-refractivity contribution in [3.05, 3.63) is 24.8 Å². The summed E-state index contributed by atoms with van der Waals surface area (Å²) < 4.78 is 0. The van der Waals surface area contributed by atoms with Gasteiger partial charge in [-0.25, -0.2) is 0 Å². The molecule has 0 aromatic carbocycles. The Morgan fingerprint density at radius 2 is 1.88 bits per heavy atom. The first-order chi connectivity index (χ1) is 8.20. The van der Waals surface area contributed by atoms with Gasteiger partial charge >= 0.3 is 0 Å². The van der Waals surface area contributed by atoms with Crippen LogP contribution in [0.1, 0.15) is 0 Å². The second-order valence-electron chi connectivity index (χ2n) is 3.09. The zero-order valence-corrected chi connectivity index (χ0v) is 11.4. The van der Waals surface area contributed by atoms with Gasteiger partial charge in [0.1, 0.15) is 6.29 Å². The van der Waals surface area contributed by atoms with Gasteiger partial charge in [-0.3, -0.25) is 9.59 Å². The zero-order chi connectivity index (χ0) is 12.9. The number of amides is 1. The lowest BCUT2D eigenvalue weighted by molar-refractivity contribution is -0.116. The van der Waals surface area contributed by atoms with Crippen LogP contribution in [0, 0.1) is 0 Å². The van der Waals surface area contributed by atoms with Gasteiger partial charge in [0, 0.05) is 31.1 Å². The maximum absolute atomic E-state index is 10.8. The summed E-state index contributed by atoms with van der Waals surface area (Å²) in [5.41, 5.74) is 0.565. The van der Waals surface area contributed by atoms with Crippen molar-refractivity contribution in [1.29, 1.82) is 0 Å². The van der Waals surface area contributed by atoms with E-state index < -0.39 is 0 Å². The van der Waals surface area contributed by atoms with Gasteiger partial charge in [-0.15, -0.1) is 0 Å². The molecule has 17 heavy (non-hydrogen) atoms. The molecular weight excluding hydrogens is 256 g/mol. The summed E-state index contributed by atoms with van der Waals surface area (Å²) in [5.74, 6) is 1.68. The van der Waals surface area contributed by atoms with E-state index in [1.54, 1.807) is 21.6 Å². The van der Waals surface area contributed by atoms with E-state index in [4.69, 9.17) is 0 Å². The molecule has 0 rings (SSSR count). The molecule has 2 N–H and O–H groups in total. The highest BCUT2D eigenvalue weighted by atomic mass is 33.1. The number of hydrogen-bond donors (Lipinski definition) is 2. The predicted molar refractivity (Wildman–Crippen MR) is 76.2 cm³/mol. The molecule has 0 heterocycles. The van der Waals surface area contributed by atoms with Crippen LogP contribution in [0.2, 0.25) is 0 Å². The Kier molecular flexibility index (Phi) is 11.3. The summed E-state index contributed by atoms with van der Waals surface area (Å²) in [6, 6.07) is 0. The quantitative estimate of drug-likeness (QED) is 0.255. The third-order valence-corrected chi connectivity index (χ3v) is 4.04. The molecule has 0 aliphatic rings. The van der Waals surface area contributed by atoms with Crippen molar-refractivity contribution in [2.45, 2.75) is 0 Å². The van der Waals surface area contributed by atoms with Crippen molar-refractivity contribution >= 4 is 33.8 Å². The first-order valence-electron chi connectivity index (χ1n) is 5.19. The van der Waals surface area contributed by atoms with Crippen molar-refractivity contribution in [1.82, 2.24) is 10.6 Å². The van der Waals surface area contributed by atoms with Gasteiger partial charge in [-0.2, -0.15) is 0 Å². The average Bonchev–Trinajstić information content (AvgIpc) is 2.35. The SMILES string of the molecule is C=CC(=O)NCCSSCCNCC(=C)C=O. The summed E-state index contributed by atoms with van der Waals surface area (Å²) in [6.07, 6.45) is 2.03. The van der Waals surface area contributed by atoms with Crippen LogP contribution in [0.4, 0.5) is 0 Å². The lowest BCUT2D eigenvalue weighted by atomic mass is 10.3. The molecule has 0 saturated carbocycles. The fraction of sp³-hybridized carbons (Fsp3) is 0.455. The average molecular weight is 274 g/mol. The van der Waals surface area contributed by atoms with E-state index in [-0.39, 0.29) is 5.91 Å². The summed E-state index contributed by atoms with van der Waals surface area (Å²) in [5, 5.41) is 5.81. The number of aldehydes is 1. The van der Waals surface area contributed by atoms with E-state index >= 15 is 0 Å². The van der Waals surface area contributed by atoms with Crippen LogP contribution in [0.3, 0.4) is 0 Å². The van der Waals surface area contributed by atoms with Crippen LogP contribution in [-0.2, 0) is 9.59 Å². The molecular formula is C11H18N2O2S2. The van der Waals surface area contributed by atoms with Crippen LogP contribution < -0.4 is 10.6 Å². The highest BCUT2D eigenvalue weighted by molar-refractivity contribution is 8.76. The second kappa shape index (κ2) is 11.8. The summed E-state index contributed by atoms with van der Waals surface area (Å²) in [7, 11) is 3.44. The Bertz CT molecular complexity index is 244. The van der Waals surface area contributed by atoms with Crippen LogP contribution in [0.15, 0.2) is 24.8 Å². The van der Waals surface area contributed by atoms with Crippen molar-refractivity contribution in [2.24, 2.45) is 0 Å². The number of rotatable bonds is 11. The molecule has 0 saturated heterocycles. The molecule has 0 aliphatic heterocycles. The van der Waals surface area contributed by atoms with Gasteiger partial charge < -0.3 is 10.6 Å². The Hall–Kier alpha value is -0.720. The van der Waals surface area contributed by atoms with Crippen molar-refractivity contribution in [3.63, 3.8) is 0 Å². The molecule has 4 nitrogen and oxygen atoms in total. The highest BCUT2D eigenvalue weighted by Gasteiger charge is 1.95. The summed E-state index contributed by atoms with van der Waals surface area (Å²) in [4.78, 5) is 21.0. The van der Waals surface area contributed by atoms with E-state index in [1.165, 1.54) is 6.08 Å². The third-order valence-electron chi connectivity index (χ3n) is 1.63. The minimum Gasteiger partial charge on any atom is -0.352 e. The van der Waals surface area contributed by atoms with E-state index in [2.05, 4.69) is 23.8 Å². The Morgan fingerprint density at radius 1 is 1.24 bits per heavy atom. The minimum atomic E-state index is -0.135. The molecule has 0 radical (unpaired) electrons. The van der Waals surface area contributed by atoms with Gasteiger partial charge in [0.2, 0.25) is 5.91 Å². The lowest BCUT2D eigenvalue weighted by Gasteiger charge is -2.04. The van der Waals surface area contributed by atoms with Crippen molar-refractivity contribution < 1.29 is 9.59 Å². The fourth-order valence-corrected chi connectivity index (χ4v) is 2.67. The van der Waals surface area contributed by atoms with Crippen LogP contribution in [0.25, 0.3) is 0 Å². The van der Waals surface area contributed by atoms with Gasteiger partial charge in [0.25, 0.3) is 0 Å². The molecule has 0 aromatic rings. The molecule has 96 valence electrons. The van der Waals surface area contributed by atoms with Gasteiger partial charge in [0.05, 0.1) is 0 Å². The molecule has 0 atom stereocenters. The molecule has 1 amide bonds. The van der Waals surface area contributed by atoms with Gasteiger partial charge in [-0.05, 0) is 11.6 Å². The fourth-order valence-electron chi connectivity index (χ4n) is 0.810. The molecule has 0 bridgehead atoms. The molecule has 0 aliphatic carbocycles. The summed E-state index contributed by atoms with van der Waals surface area (Å²) in [6.45, 7) is 8.96. The normalized spacial score (nSPS) is 9.65. The molecule has 0 aromatic heterocycles. The maximum atomic E-state index is 10.8. The molecule has 0 spiro atoms. The van der Waals surface area contributed by atoms with E-state index in [1.807, 2.05) is 0 Å². The second-order valence-corrected chi connectivity index (χ2v) is 5.79. The zero-order valence-electron chi connectivity index (χ0n) is 9.74. The predicted octanol–water partition coefficient (Wildman–Crippen LogP) is 1.01. The van der Waals surface area contributed by atoms with E-state index in [0.29, 0.717) is 18.7 Å². The van der Waals surface area contributed by atoms with E-state index in [9.17, 15) is 9.59 Å². The Morgan fingerprint density at radius 3 is 2.47 bits per heavy atom. The Labute approximate surface area is 110 Å². The van der Waals surface area contributed by atoms with Crippen molar-refractivity contribution in [3.8, 4) is 0 Å². The number of carbonyl (C=O) groups is 2. The van der Waals surface area contributed by atoms with Crippen molar-refractivity contribution in [2.75, 3.05) is 31.1 Å². The standard InChI is InChI=1S/C11H18N2O2S2/c1-3-11(15)13-5-7-17-16-6-4-12-8-10(2)9-14/h3,9,12H,1-2,4-8H2,(H,13,15). The van der Waals surface area contributed by atoms with Crippen LogP contribution in [0.5, 0.6) is 0 Å². The minimum absolute atomic E-state index is 0.135. The number of hydrogen-bond acceptors (Lipinski definition) is 5. The smallest absolute Gasteiger partial charge is 0.243 e. The lowest BCUT2D eigenvalue weighted by Crippen LogP contribution is -2.23. The largest absolute Gasteiger partial charge is 0.352 e. The number of nitrogens with one attached hydrogen (secondary N) is 2.